The van der Waals surface area contributed by atoms with Crippen molar-refractivity contribution in [3.05, 3.63) is 75.1 Å². The molecule has 0 aliphatic heterocycles. The molecule has 180 valence electrons. The molecule has 2 N–H and O–H groups in total. The van der Waals surface area contributed by atoms with Crippen LogP contribution in [0, 0.1) is 13.8 Å². The lowest BCUT2D eigenvalue weighted by Gasteiger charge is -2.13. The number of hydrogen-bond acceptors (Lipinski definition) is 8. The van der Waals surface area contributed by atoms with Gasteiger partial charge in [-0.25, -0.2) is 14.8 Å². The van der Waals surface area contributed by atoms with Crippen LogP contribution in [0.5, 0.6) is 0 Å². The lowest BCUT2D eigenvalue weighted by Crippen LogP contribution is -2.23. The Hall–Kier alpha value is -3.99. The van der Waals surface area contributed by atoms with Gasteiger partial charge in [-0.1, -0.05) is 18.2 Å². The molecule has 3 aromatic heterocycles. The van der Waals surface area contributed by atoms with Crippen molar-refractivity contribution in [1.82, 2.24) is 24.7 Å². The van der Waals surface area contributed by atoms with Gasteiger partial charge in [0.15, 0.2) is 11.6 Å². The van der Waals surface area contributed by atoms with Crippen LogP contribution in [0.1, 0.15) is 44.7 Å². The van der Waals surface area contributed by atoms with Crippen molar-refractivity contribution in [2.75, 3.05) is 18.2 Å². The molecule has 4 rings (SSSR count). The first-order chi connectivity index (χ1) is 16.8. The Morgan fingerprint density at radius 1 is 1.17 bits per heavy atom. The second kappa shape index (κ2) is 10.1. The fourth-order valence-electron chi connectivity index (χ4n) is 3.65. The van der Waals surface area contributed by atoms with Crippen LogP contribution < -0.4 is 10.9 Å². The first-order valence-corrected chi connectivity index (χ1v) is 12.2. The van der Waals surface area contributed by atoms with Gasteiger partial charge in [0.05, 0.1) is 24.1 Å². The molecule has 0 atom stereocenters. The number of hydrogen-bond donors (Lipinski definition) is 2. The van der Waals surface area contributed by atoms with Crippen molar-refractivity contribution in [3.63, 3.8) is 0 Å². The lowest BCUT2D eigenvalue weighted by atomic mass is 10.1. The zero-order chi connectivity index (χ0) is 25.1. The smallest absolute Gasteiger partial charge is 0.343 e. The predicted molar refractivity (Wildman–Crippen MR) is 134 cm³/mol. The molecular formula is C24H24N6O4S. The maximum Gasteiger partial charge on any atom is 0.343 e. The molecular weight excluding hydrogens is 468 g/mol. The first kappa shape index (κ1) is 24.1. The van der Waals surface area contributed by atoms with E-state index in [1.165, 1.54) is 22.6 Å². The van der Waals surface area contributed by atoms with Crippen molar-refractivity contribution in [1.29, 1.82) is 0 Å². The fraction of sp³-hybridized carbons (Fsp3) is 0.250. The van der Waals surface area contributed by atoms with Gasteiger partial charge in [0.1, 0.15) is 17.1 Å². The molecule has 1 amide bonds. The number of aromatic nitrogens is 5. The Morgan fingerprint density at radius 2 is 1.97 bits per heavy atom. The van der Waals surface area contributed by atoms with E-state index < -0.39 is 17.4 Å². The Bertz CT molecular complexity index is 1490. The van der Waals surface area contributed by atoms with E-state index in [1.807, 2.05) is 44.4 Å². The van der Waals surface area contributed by atoms with Crippen LogP contribution in [0.25, 0.3) is 16.7 Å². The van der Waals surface area contributed by atoms with Crippen LogP contribution in [0.2, 0.25) is 0 Å². The third-order valence-corrected chi connectivity index (χ3v) is 5.81. The second-order valence-corrected chi connectivity index (χ2v) is 8.64. The second-order valence-electron chi connectivity index (χ2n) is 7.77. The molecule has 35 heavy (non-hydrogen) atoms. The van der Waals surface area contributed by atoms with Crippen LogP contribution in [0.4, 0.5) is 5.82 Å². The van der Waals surface area contributed by atoms with Gasteiger partial charge in [0, 0.05) is 11.5 Å². The highest BCUT2D eigenvalue weighted by atomic mass is 32.2. The molecule has 1 aromatic carbocycles. The number of anilines is 1. The minimum absolute atomic E-state index is 0.0544. The zero-order valence-corrected chi connectivity index (χ0v) is 20.5. The van der Waals surface area contributed by atoms with E-state index >= 15 is 0 Å². The highest BCUT2D eigenvalue weighted by Gasteiger charge is 2.24. The molecule has 0 aliphatic carbocycles. The summed E-state index contributed by atoms with van der Waals surface area (Å²) in [6.07, 6.45) is 3.17. The first-order valence-electron chi connectivity index (χ1n) is 10.8. The van der Waals surface area contributed by atoms with E-state index in [4.69, 9.17) is 9.72 Å². The summed E-state index contributed by atoms with van der Waals surface area (Å²) in [4.78, 5) is 49.4. The number of esters is 1. The van der Waals surface area contributed by atoms with Crippen LogP contribution in [-0.2, 0) is 10.5 Å². The highest BCUT2D eigenvalue weighted by Crippen LogP contribution is 2.26. The maximum atomic E-state index is 13.1. The van der Waals surface area contributed by atoms with Gasteiger partial charge < -0.3 is 15.0 Å². The summed E-state index contributed by atoms with van der Waals surface area (Å²) < 4.78 is 6.53. The third kappa shape index (κ3) is 4.94. The average Bonchev–Trinajstić information content (AvgIpc) is 3.23. The number of nitrogens with one attached hydrogen (secondary N) is 2. The zero-order valence-electron chi connectivity index (χ0n) is 19.7. The third-order valence-electron chi connectivity index (χ3n) is 5.25. The number of ether oxygens (including phenoxy) is 1. The summed E-state index contributed by atoms with van der Waals surface area (Å²) in [5.41, 5.74) is 2.24. The molecule has 4 aromatic rings. The monoisotopic (exact) mass is 492 g/mol. The maximum absolute atomic E-state index is 13.1. The molecule has 0 spiro atoms. The molecule has 0 radical (unpaired) electrons. The number of thioether (sulfide) groups is 1. The van der Waals surface area contributed by atoms with E-state index in [2.05, 4.69) is 20.4 Å². The molecule has 3 heterocycles. The minimum atomic E-state index is -0.667. The van der Waals surface area contributed by atoms with Gasteiger partial charge in [-0.15, -0.1) is 0 Å². The number of nitrogens with zero attached hydrogens (tertiary/aromatic N) is 4. The average molecular weight is 493 g/mol. The van der Waals surface area contributed by atoms with Crippen LogP contribution >= 0.6 is 11.8 Å². The van der Waals surface area contributed by atoms with E-state index in [0.29, 0.717) is 17.4 Å². The molecule has 0 fully saturated rings. The van der Waals surface area contributed by atoms with E-state index in [0.717, 1.165) is 28.1 Å². The highest BCUT2D eigenvalue weighted by molar-refractivity contribution is 7.97. The lowest BCUT2D eigenvalue weighted by molar-refractivity contribution is 0.0527. The van der Waals surface area contributed by atoms with Gasteiger partial charge >= 0.3 is 5.97 Å². The number of H-pyrrole nitrogens is 1. The fourth-order valence-corrected chi connectivity index (χ4v) is 4.06. The minimum Gasteiger partial charge on any atom is -0.462 e. The quantitative estimate of drug-likeness (QED) is 0.375. The Labute approximate surface area is 205 Å². The Balaban J connectivity index is 1.82. The standard InChI is InChI=1S/C24H24N6O4S/c1-5-34-24(33)16-11-25-30(19-9-14(3)15-8-6-7-13(2)21(15)28-19)22(16)29-23(32)17-10-20(31)27-18(26-17)12-35-4/h6-11H,5,12H2,1-4H3,(H,29,32)(H,26,27,31). The Morgan fingerprint density at radius 3 is 2.71 bits per heavy atom. The summed E-state index contributed by atoms with van der Waals surface area (Å²) in [6.45, 7) is 5.75. The summed E-state index contributed by atoms with van der Waals surface area (Å²) in [7, 11) is 0. The van der Waals surface area contributed by atoms with E-state index in [-0.39, 0.29) is 23.7 Å². The van der Waals surface area contributed by atoms with Gasteiger partial charge in [-0.05, 0) is 44.2 Å². The number of rotatable bonds is 7. The van der Waals surface area contributed by atoms with Crippen molar-refractivity contribution in [2.45, 2.75) is 26.5 Å². The number of carbonyl (C=O) groups excluding carboxylic acids is 2. The van der Waals surface area contributed by atoms with Crippen LogP contribution in [0.15, 0.2) is 41.3 Å². The summed E-state index contributed by atoms with van der Waals surface area (Å²) in [6, 6.07) is 8.83. The largest absolute Gasteiger partial charge is 0.462 e. The van der Waals surface area contributed by atoms with Crippen LogP contribution in [-0.4, -0.2) is 49.5 Å². The van der Waals surface area contributed by atoms with Crippen molar-refractivity contribution < 1.29 is 14.3 Å². The van der Waals surface area contributed by atoms with Gasteiger partial charge in [0.2, 0.25) is 0 Å². The normalized spacial score (nSPS) is 11.0. The number of para-hydroxylation sites is 1. The number of amides is 1. The van der Waals surface area contributed by atoms with Gasteiger partial charge in [0.25, 0.3) is 11.5 Å². The van der Waals surface area contributed by atoms with E-state index in [1.54, 1.807) is 6.92 Å². The number of pyridine rings is 1. The molecule has 0 unspecified atom stereocenters. The molecule has 0 bridgehead atoms. The predicted octanol–water partition coefficient (Wildman–Crippen LogP) is 3.41. The molecule has 11 heteroatoms. The van der Waals surface area contributed by atoms with Gasteiger partial charge in [-0.2, -0.15) is 21.5 Å². The number of aromatic amines is 1. The topological polar surface area (TPSA) is 132 Å². The summed E-state index contributed by atoms with van der Waals surface area (Å²) in [5.74, 6) is -0.0262. The number of fused-ring (bicyclic) bond motifs is 1. The summed E-state index contributed by atoms with van der Waals surface area (Å²) in [5, 5.41) is 8.01. The summed E-state index contributed by atoms with van der Waals surface area (Å²) >= 11 is 1.46. The van der Waals surface area contributed by atoms with E-state index in [9.17, 15) is 14.4 Å². The molecule has 0 saturated carbocycles. The van der Waals surface area contributed by atoms with Crippen molar-refractivity contribution in [2.24, 2.45) is 0 Å². The van der Waals surface area contributed by atoms with Crippen molar-refractivity contribution in [3.8, 4) is 5.82 Å². The molecule has 10 nitrogen and oxygen atoms in total. The molecule has 0 aliphatic rings. The van der Waals surface area contributed by atoms with Gasteiger partial charge in [-0.3, -0.25) is 9.59 Å². The number of aryl methyl sites for hydroxylation is 2. The van der Waals surface area contributed by atoms with Crippen LogP contribution in [0.3, 0.4) is 0 Å². The SMILES string of the molecule is CCOC(=O)c1cnn(-c2cc(C)c3cccc(C)c3n2)c1NC(=O)c1cc(=O)[nH]c(CSC)n1. The number of benzene rings is 1. The molecule has 0 saturated heterocycles. The Kier molecular flexibility index (Phi) is 6.97. The number of carbonyl (C=O) groups is 2. The van der Waals surface area contributed by atoms with Crippen molar-refractivity contribution >= 4 is 40.4 Å².